The molecule has 0 radical (unpaired) electrons. The molecule has 1 unspecified atom stereocenters. The zero-order valence-corrected chi connectivity index (χ0v) is 15.0. The van der Waals surface area contributed by atoms with Gasteiger partial charge in [-0.15, -0.1) is 6.58 Å². The van der Waals surface area contributed by atoms with Gasteiger partial charge in [0.15, 0.2) is 0 Å². The minimum Gasteiger partial charge on any atom is -0.306 e. The maximum absolute atomic E-state index is 3.84. The lowest BCUT2D eigenvalue weighted by atomic mass is 10.0. The fourth-order valence-electron chi connectivity index (χ4n) is 3.94. The average Bonchev–Trinajstić information content (AvgIpc) is 2.53. The number of piperazine rings is 1. The predicted molar refractivity (Wildman–Crippen MR) is 96.4 cm³/mol. The van der Waals surface area contributed by atoms with E-state index in [9.17, 15) is 0 Å². The van der Waals surface area contributed by atoms with Crippen molar-refractivity contribution in [3.63, 3.8) is 0 Å². The van der Waals surface area contributed by atoms with E-state index < -0.39 is 0 Å². The van der Waals surface area contributed by atoms with Crippen molar-refractivity contribution in [3.8, 4) is 0 Å². The van der Waals surface area contributed by atoms with Gasteiger partial charge in [0.25, 0.3) is 0 Å². The van der Waals surface area contributed by atoms with Gasteiger partial charge in [-0.05, 0) is 58.3 Å². The van der Waals surface area contributed by atoms with Crippen LogP contribution >= 0.6 is 0 Å². The molecule has 22 heavy (non-hydrogen) atoms. The second-order valence-electron chi connectivity index (χ2n) is 7.54. The third-order valence-corrected chi connectivity index (χ3v) is 5.60. The fourth-order valence-corrected chi connectivity index (χ4v) is 3.94. The van der Waals surface area contributed by atoms with Crippen LogP contribution in [0.15, 0.2) is 12.7 Å². The Labute approximate surface area is 138 Å². The largest absolute Gasteiger partial charge is 0.306 e. The molecule has 2 saturated heterocycles. The molecule has 0 aromatic rings. The van der Waals surface area contributed by atoms with E-state index in [2.05, 4.69) is 41.3 Å². The lowest BCUT2D eigenvalue weighted by Gasteiger charge is -2.42. The molecule has 0 saturated carbocycles. The summed E-state index contributed by atoms with van der Waals surface area (Å²) in [5.74, 6) is 0.818. The Kier molecular flexibility index (Phi) is 7.91. The summed E-state index contributed by atoms with van der Waals surface area (Å²) in [7, 11) is 2.25. The van der Waals surface area contributed by atoms with Crippen LogP contribution in [-0.4, -0.2) is 73.6 Å². The summed E-state index contributed by atoms with van der Waals surface area (Å²) in [4.78, 5) is 7.92. The molecule has 128 valence electrons. The Morgan fingerprint density at radius 3 is 2.36 bits per heavy atom. The van der Waals surface area contributed by atoms with E-state index in [0.717, 1.165) is 12.0 Å². The van der Waals surface area contributed by atoms with Crippen molar-refractivity contribution in [1.82, 2.24) is 14.7 Å². The second-order valence-corrected chi connectivity index (χ2v) is 7.54. The predicted octanol–water partition coefficient (Wildman–Crippen LogP) is 3.08. The molecular formula is C19H37N3. The van der Waals surface area contributed by atoms with Gasteiger partial charge in [0.2, 0.25) is 0 Å². The Balaban J connectivity index is 1.54. The van der Waals surface area contributed by atoms with Crippen LogP contribution in [0.25, 0.3) is 0 Å². The molecule has 2 aliphatic heterocycles. The summed E-state index contributed by atoms with van der Waals surface area (Å²) in [5.41, 5.74) is 0. The van der Waals surface area contributed by atoms with Gasteiger partial charge >= 0.3 is 0 Å². The van der Waals surface area contributed by atoms with E-state index in [0.29, 0.717) is 0 Å². The Morgan fingerprint density at radius 1 is 1.05 bits per heavy atom. The van der Waals surface area contributed by atoms with Crippen LogP contribution in [0, 0.1) is 5.92 Å². The zero-order valence-electron chi connectivity index (χ0n) is 15.0. The van der Waals surface area contributed by atoms with Crippen molar-refractivity contribution in [2.45, 2.75) is 51.5 Å². The Hall–Kier alpha value is -0.380. The van der Waals surface area contributed by atoms with E-state index in [1.165, 1.54) is 84.3 Å². The Morgan fingerprint density at radius 2 is 1.73 bits per heavy atom. The molecule has 1 atom stereocenters. The highest BCUT2D eigenvalue weighted by Gasteiger charge is 2.26. The molecular weight excluding hydrogens is 270 g/mol. The Bertz CT molecular complexity index is 302. The van der Waals surface area contributed by atoms with Crippen molar-refractivity contribution in [3.05, 3.63) is 12.7 Å². The highest BCUT2D eigenvalue weighted by Crippen LogP contribution is 2.18. The van der Waals surface area contributed by atoms with Crippen molar-refractivity contribution in [1.29, 1.82) is 0 Å². The van der Waals surface area contributed by atoms with Gasteiger partial charge in [-0.1, -0.05) is 25.8 Å². The van der Waals surface area contributed by atoms with Gasteiger partial charge in [0.05, 0.1) is 0 Å². The first-order valence-corrected chi connectivity index (χ1v) is 9.45. The molecule has 2 rings (SSSR count). The molecule has 0 bridgehead atoms. The third kappa shape index (κ3) is 6.02. The van der Waals surface area contributed by atoms with Crippen LogP contribution in [-0.2, 0) is 0 Å². The number of nitrogens with zero attached hydrogens (tertiary/aromatic N) is 3. The molecule has 0 aliphatic carbocycles. The molecule has 0 spiro atoms. The van der Waals surface area contributed by atoms with Gasteiger partial charge in [-0.2, -0.15) is 0 Å². The maximum atomic E-state index is 3.84. The molecule has 0 aromatic heterocycles. The number of likely N-dealkylation sites (tertiary alicyclic amines) is 1. The number of allylic oxidation sites excluding steroid dienone is 1. The van der Waals surface area contributed by atoms with Gasteiger partial charge in [0, 0.05) is 32.2 Å². The minimum atomic E-state index is 0.818. The summed E-state index contributed by atoms with van der Waals surface area (Å²) in [6.45, 7) is 15.2. The minimum absolute atomic E-state index is 0.818. The summed E-state index contributed by atoms with van der Waals surface area (Å²) in [6.07, 6.45) is 10.1. The van der Waals surface area contributed by atoms with Crippen LogP contribution in [0.1, 0.15) is 45.4 Å². The van der Waals surface area contributed by atoms with E-state index in [1.54, 1.807) is 0 Å². The molecule has 0 N–H and O–H groups in total. The van der Waals surface area contributed by atoms with Crippen LogP contribution in [0.3, 0.4) is 0 Å². The first-order chi connectivity index (χ1) is 10.7. The molecule has 2 heterocycles. The summed E-state index contributed by atoms with van der Waals surface area (Å²) in [6, 6.07) is 0.859. The summed E-state index contributed by atoms with van der Waals surface area (Å²) in [5, 5.41) is 0. The smallest absolute Gasteiger partial charge is 0.0121 e. The number of piperidine rings is 1. The second kappa shape index (κ2) is 9.69. The number of rotatable bonds is 8. The molecule has 0 amide bonds. The summed E-state index contributed by atoms with van der Waals surface area (Å²) >= 11 is 0. The molecule has 0 aromatic carbocycles. The van der Waals surface area contributed by atoms with E-state index >= 15 is 0 Å². The van der Waals surface area contributed by atoms with E-state index in [-0.39, 0.29) is 0 Å². The quantitative estimate of drug-likeness (QED) is 0.504. The van der Waals surface area contributed by atoms with Crippen LogP contribution in [0.5, 0.6) is 0 Å². The molecule has 2 aliphatic rings. The highest BCUT2D eigenvalue weighted by atomic mass is 15.3. The first-order valence-electron chi connectivity index (χ1n) is 9.45. The summed E-state index contributed by atoms with van der Waals surface area (Å²) < 4.78 is 0. The third-order valence-electron chi connectivity index (χ3n) is 5.60. The van der Waals surface area contributed by atoms with Gasteiger partial charge in [0.1, 0.15) is 0 Å². The van der Waals surface area contributed by atoms with Gasteiger partial charge in [-0.3, -0.25) is 4.90 Å². The average molecular weight is 308 g/mol. The van der Waals surface area contributed by atoms with E-state index in [4.69, 9.17) is 0 Å². The van der Waals surface area contributed by atoms with Crippen molar-refractivity contribution in [2.75, 3.05) is 52.9 Å². The molecule has 3 heteroatoms. The number of hydrogen-bond donors (Lipinski definition) is 0. The SMILES string of the molecule is C=CCC(C)CCCCN1CCN(C2CCN(C)CC2)CC1. The fraction of sp³-hybridized carbons (Fsp3) is 0.895. The van der Waals surface area contributed by atoms with Gasteiger partial charge < -0.3 is 9.80 Å². The standard InChI is InChI=1S/C19H37N3/c1-4-7-18(2)8-5-6-11-21-14-16-22(17-15-21)19-9-12-20(3)13-10-19/h4,18-19H,1,5-17H2,2-3H3. The zero-order chi connectivity index (χ0) is 15.8. The van der Waals surface area contributed by atoms with Crippen molar-refractivity contribution < 1.29 is 0 Å². The normalized spacial score (nSPS) is 24.5. The van der Waals surface area contributed by atoms with Crippen molar-refractivity contribution in [2.24, 2.45) is 5.92 Å². The van der Waals surface area contributed by atoms with Crippen LogP contribution in [0.4, 0.5) is 0 Å². The van der Waals surface area contributed by atoms with Crippen LogP contribution in [0.2, 0.25) is 0 Å². The van der Waals surface area contributed by atoms with E-state index in [1.807, 2.05) is 0 Å². The first kappa shape index (κ1) is 18.0. The van der Waals surface area contributed by atoms with Crippen LogP contribution < -0.4 is 0 Å². The maximum Gasteiger partial charge on any atom is 0.0121 e. The number of hydrogen-bond acceptors (Lipinski definition) is 3. The highest BCUT2D eigenvalue weighted by molar-refractivity contribution is 4.82. The lowest BCUT2D eigenvalue weighted by Crippen LogP contribution is -2.52. The topological polar surface area (TPSA) is 9.72 Å². The van der Waals surface area contributed by atoms with Crippen molar-refractivity contribution >= 4 is 0 Å². The number of unbranched alkanes of at least 4 members (excludes halogenated alkanes) is 1. The monoisotopic (exact) mass is 307 g/mol. The van der Waals surface area contributed by atoms with Gasteiger partial charge in [-0.25, -0.2) is 0 Å². The molecule has 3 nitrogen and oxygen atoms in total. The molecule has 2 fully saturated rings. The lowest BCUT2D eigenvalue weighted by molar-refractivity contribution is 0.0639.